The first-order chi connectivity index (χ1) is 13.3. The smallest absolute Gasteiger partial charge is 0.236 e. The second kappa shape index (κ2) is 7.95. The Balaban J connectivity index is 1.53. The number of hydrogen-bond donors (Lipinski definition) is 0. The highest BCUT2D eigenvalue weighted by atomic mass is 16.2. The molecule has 0 radical (unpaired) electrons. The molecule has 1 fully saturated rings. The molecule has 6 heteroatoms. The molecule has 0 bridgehead atoms. The van der Waals surface area contributed by atoms with E-state index in [4.69, 9.17) is 0 Å². The summed E-state index contributed by atoms with van der Waals surface area (Å²) in [4.78, 5) is 30.5. The molecule has 0 N–H and O–H groups in total. The van der Waals surface area contributed by atoms with Crippen LogP contribution in [0.5, 0.6) is 0 Å². The van der Waals surface area contributed by atoms with E-state index < -0.39 is 0 Å². The van der Waals surface area contributed by atoms with E-state index in [0.29, 0.717) is 19.0 Å². The number of anilines is 1. The molecule has 4 rings (SSSR count). The number of piperazine rings is 1. The summed E-state index contributed by atoms with van der Waals surface area (Å²) in [6, 6.07) is 17.4. The van der Waals surface area contributed by atoms with E-state index in [-0.39, 0.29) is 11.8 Å². The third-order valence-electron chi connectivity index (χ3n) is 4.79. The van der Waals surface area contributed by atoms with Crippen LogP contribution in [0, 0.1) is 0 Å². The Morgan fingerprint density at radius 2 is 1.44 bits per heavy atom. The van der Waals surface area contributed by atoms with Gasteiger partial charge in [0.1, 0.15) is 5.92 Å². The maximum Gasteiger partial charge on any atom is 0.236 e. The molecule has 3 aromatic rings. The number of nitrogens with zero attached hydrogens (tertiary/aromatic N) is 5. The fourth-order valence-corrected chi connectivity index (χ4v) is 3.40. The van der Waals surface area contributed by atoms with Crippen LogP contribution in [0.1, 0.15) is 17.2 Å². The predicted octanol–water partition coefficient (Wildman–Crippen LogP) is 2.35. The molecule has 1 unspecified atom stereocenters. The molecule has 6 nitrogen and oxygen atoms in total. The topological polar surface area (TPSA) is 62.2 Å². The van der Waals surface area contributed by atoms with Crippen LogP contribution in [-0.2, 0) is 4.79 Å². The number of aromatic nitrogens is 3. The van der Waals surface area contributed by atoms with E-state index in [9.17, 15) is 4.79 Å². The highest BCUT2D eigenvalue weighted by molar-refractivity contribution is 5.87. The predicted molar refractivity (Wildman–Crippen MR) is 103 cm³/mol. The lowest BCUT2D eigenvalue weighted by Gasteiger charge is -2.36. The van der Waals surface area contributed by atoms with E-state index in [1.165, 1.54) is 0 Å². The molecule has 0 aliphatic carbocycles. The van der Waals surface area contributed by atoms with Crippen molar-refractivity contribution in [3.05, 3.63) is 84.4 Å². The molecule has 27 heavy (non-hydrogen) atoms. The van der Waals surface area contributed by atoms with E-state index >= 15 is 0 Å². The minimum absolute atomic E-state index is 0.0912. The van der Waals surface area contributed by atoms with Gasteiger partial charge >= 0.3 is 0 Å². The first kappa shape index (κ1) is 17.1. The summed E-state index contributed by atoms with van der Waals surface area (Å²) in [6.07, 6.45) is 5.22. The molecule has 2 aromatic heterocycles. The fourth-order valence-electron chi connectivity index (χ4n) is 3.40. The van der Waals surface area contributed by atoms with Gasteiger partial charge in [0.15, 0.2) is 0 Å². The summed E-state index contributed by atoms with van der Waals surface area (Å²) in [5.74, 6) is 0.425. The van der Waals surface area contributed by atoms with E-state index in [2.05, 4.69) is 19.9 Å². The maximum atomic E-state index is 13.4. The Hall–Kier alpha value is -3.28. The summed E-state index contributed by atoms with van der Waals surface area (Å²) < 4.78 is 0. The van der Waals surface area contributed by atoms with Gasteiger partial charge in [0.25, 0.3) is 0 Å². The molecule has 1 aliphatic rings. The molecule has 1 aliphatic heterocycles. The Morgan fingerprint density at radius 1 is 0.778 bits per heavy atom. The van der Waals surface area contributed by atoms with Crippen LogP contribution in [0.2, 0.25) is 0 Å². The van der Waals surface area contributed by atoms with Gasteiger partial charge in [-0.15, -0.1) is 0 Å². The number of hydrogen-bond acceptors (Lipinski definition) is 5. The van der Waals surface area contributed by atoms with Crippen LogP contribution in [0.25, 0.3) is 0 Å². The maximum absolute atomic E-state index is 13.4. The van der Waals surface area contributed by atoms with Crippen LogP contribution in [0.3, 0.4) is 0 Å². The zero-order valence-corrected chi connectivity index (χ0v) is 15.0. The number of benzene rings is 1. The zero-order chi connectivity index (χ0) is 18.5. The summed E-state index contributed by atoms with van der Waals surface area (Å²) >= 11 is 0. The fraction of sp³-hybridized carbons (Fsp3) is 0.238. The van der Waals surface area contributed by atoms with Crippen molar-refractivity contribution in [3.63, 3.8) is 0 Å². The monoisotopic (exact) mass is 359 g/mol. The molecule has 0 saturated carbocycles. The Morgan fingerprint density at radius 3 is 2.11 bits per heavy atom. The van der Waals surface area contributed by atoms with Gasteiger partial charge in [0.2, 0.25) is 11.9 Å². The van der Waals surface area contributed by atoms with Crippen molar-refractivity contribution in [2.24, 2.45) is 0 Å². The standard InChI is InChI=1S/C21H21N5O/c27-20(25-13-15-26(16-14-25)21-23-11-6-12-24-21)19(17-7-2-1-3-8-17)18-9-4-5-10-22-18/h1-12,19H,13-16H2. The minimum Gasteiger partial charge on any atom is -0.338 e. The van der Waals surface area contributed by atoms with Gasteiger partial charge in [0, 0.05) is 44.8 Å². The van der Waals surface area contributed by atoms with Crippen LogP contribution in [0.4, 0.5) is 5.95 Å². The number of pyridine rings is 1. The highest BCUT2D eigenvalue weighted by Gasteiger charge is 2.31. The summed E-state index contributed by atoms with van der Waals surface area (Å²) in [5, 5.41) is 0. The molecule has 1 aromatic carbocycles. The van der Waals surface area contributed by atoms with Gasteiger partial charge in [0.05, 0.1) is 5.69 Å². The lowest BCUT2D eigenvalue weighted by molar-refractivity contribution is -0.132. The zero-order valence-electron chi connectivity index (χ0n) is 15.0. The van der Waals surface area contributed by atoms with Crippen molar-refractivity contribution < 1.29 is 4.79 Å². The van der Waals surface area contributed by atoms with E-state index in [1.54, 1.807) is 24.7 Å². The second-order valence-electron chi connectivity index (χ2n) is 6.46. The van der Waals surface area contributed by atoms with Crippen LogP contribution >= 0.6 is 0 Å². The van der Waals surface area contributed by atoms with E-state index in [1.807, 2.05) is 53.4 Å². The second-order valence-corrected chi connectivity index (χ2v) is 6.46. The molecule has 1 saturated heterocycles. The van der Waals surface area contributed by atoms with Crippen molar-refractivity contribution in [2.45, 2.75) is 5.92 Å². The summed E-state index contributed by atoms with van der Waals surface area (Å²) in [7, 11) is 0. The number of carbonyl (C=O) groups excluding carboxylic acids is 1. The first-order valence-electron chi connectivity index (χ1n) is 9.09. The molecular formula is C21H21N5O. The van der Waals surface area contributed by atoms with Gasteiger partial charge in [-0.05, 0) is 23.8 Å². The third kappa shape index (κ3) is 3.79. The van der Waals surface area contributed by atoms with Crippen molar-refractivity contribution in [2.75, 3.05) is 31.1 Å². The molecule has 1 atom stereocenters. The lowest BCUT2D eigenvalue weighted by atomic mass is 9.93. The average Bonchev–Trinajstić information content (AvgIpc) is 2.76. The van der Waals surface area contributed by atoms with Crippen molar-refractivity contribution >= 4 is 11.9 Å². The molecule has 1 amide bonds. The van der Waals surface area contributed by atoms with Crippen molar-refractivity contribution in [3.8, 4) is 0 Å². The minimum atomic E-state index is -0.382. The molecule has 3 heterocycles. The number of carbonyl (C=O) groups is 1. The van der Waals surface area contributed by atoms with Crippen LogP contribution < -0.4 is 4.90 Å². The lowest BCUT2D eigenvalue weighted by Crippen LogP contribution is -2.50. The van der Waals surface area contributed by atoms with Gasteiger partial charge in [-0.3, -0.25) is 9.78 Å². The largest absolute Gasteiger partial charge is 0.338 e. The molecular weight excluding hydrogens is 338 g/mol. The van der Waals surface area contributed by atoms with Crippen LogP contribution in [-0.4, -0.2) is 51.9 Å². The highest BCUT2D eigenvalue weighted by Crippen LogP contribution is 2.26. The first-order valence-corrected chi connectivity index (χ1v) is 9.09. The SMILES string of the molecule is O=C(C(c1ccccc1)c1ccccn1)N1CCN(c2ncccn2)CC1. The Labute approximate surface area is 158 Å². The number of rotatable bonds is 4. The normalized spacial score (nSPS) is 15.4. The average molecular weight is 359 g/mol. The molecule has 136 valence electrons. The third-order valence-corrected chi connectivity index (χ3v) is 4.79. The Bertz CT molecular complexity index is 825. The van der Waals surface area contributed by atoms with Gasteiger partial charge < -0.3 is 9.80 Å². The summed E-state index contributed by atoms with van der Waals surface area (Å²) in [5.41, 5.74) is 1.75. The Kier molecular flexibility index (Phi) is 5.05. The molecule has 0 spiro atoms. The quantitative estimate of drug-likeness (QED) is 0.716. The summed E-state index contributed by atoms with van der Waals surface area (Å²) in [6.45, 7) is 2.74. The van der Waals surface area contributed by atoms with Crippen LogP contribution in [0.15, 0.2) is 73.2 Å². The van der Waals surface area contributed by atoms with Crippen molar-refractivity contribution in [1.82, 2.24) is 19.9 Å². The van der Waals surface area contributed by atoms with Gasteiger partial charge in [-0.2, -0.15) is 0 Å². The van der Waals surface area contributed by atoms with Crippen molar-refractivity contribution in [1.29, 1.82) is 0 Å². The van der Waals surface area contributed by atoms with E-state index in [0.717, 1.165) is 24.3 Å². The number of amides is 1. The van der Waals surface area contributed by atoms with Gasteiger partial charge in [-0.1, -0.05) is 36.4 Å². The van der Waals surface area contributed by atoms with Gasteiger partial charge in [-0.25, -0.2) is 9.97 Å².